The van der Waals surface area contributed by atoms with E-state index in [-0.39, 0.29) is 12.1 Å². The molecule has 0 fully saturated rings. The SMILES string of the molecule is COc1ccccc1C(C)NC(=O)COC(=O)/C=C/C(=O)OCC(=O)NC(C)c1ccccc1OC. The van der Waals surface area contributed by atoms with E-state index in [9.17, 15) is 19.2 Å². The van der Waals surface area contributed by atoms with Gasteiger partial charge in [0.05, 0.1) is 26.3 Å². The number of benzene rings is 2. The highest BCUT2D eigenvalue weighted by atomic mass is 16.5. The third-order valence-corrected chi connectivity index (χ3v) is 5.01. The number of ether oxygens (including phenoxy) is 4. The zero-order valence-electron chi connectivity index (χ0n) is 20.6. The Morgan fingerprint density at radius 3 is 1.42 bits per heavy atom. The van der Waals surface area contributed by atoms with E-state index < -0.39 is 37.0 Å². The molecule has 0 bridgehead atoms. The first-order chi connectivity index (χ1) is 17.2. The molecule has 10 heteroatoms. The normalized spacial score (nSPS) is 12.2. The lowest BCUT2D eigenvalue weighted by Gasteiger charge is -2.17. The Morgan fingerprint density at radius 1 is 0.694 bits per heavy atom. The highest BCUT2D eigenvalue weighted by Crippen LogP contribution is 2.25. The van der Waals surface area contributed by atoms with E-state index >= 15 is 0 Å². The number of para-hydroxylation sites is 2. The van der Waals surface area contributed by atoms with Gasteiger partial charge in [0.2, 0.25) is 0 Å². The van der Waals surface area contributed by atoms with Crippen LogP contribution in [0.2, 0.25) is 0 Å². The Hall–Kier alpha value is -4.34. The second kappa shape index (κ2) is 14.1. The van der Waals surface area contributed by atoms with Crippen LogP contribution in [0, 0.1) is 0 Å². The van der Waals surface area contributed by atoms with Crippen LogP contribution >= 0.6 is 0 Å². The van der Waals surface area contributed by atoms with Crippen molar-refractivity contribution in [3.05, 3.63) is 71.8 Å². The summed E-state index contributed by atoms with van der Waals surface area (Å²) in [5, 5.41) is 5.39. The number of methoxy groups -OCH3 is 2. The first-order valence-corrected chi connectivity index (χ1v) is 11.1. The lowest BCUT2D eigenvalue weighted by Crippen LogP contribution is -2.31. The van der Waals surface area contributed by atoms with Crippen LogP contribution in [0.25, 0.3) is 0 Å². The molecule has 0 heterocycles. The fourth-order valence-corrected chi connectivity index (χ4v) is 3.28. The summed E-state index contributed by atoms with van der Waals surface area (Å²) in [7, 11) is 3.06. The maximum atomic E-state index is 12.1. The lowest BCUT2D eigenvalue weighted by atomic mass is 10.1. The number of rotatable bonds is 12. The van der Waals surface area contributed by atoms with Crippen LogP contribution in [0.15, 0.2) is 60.7 Å². The van der Waals surface area contributed by atoms with Crippen molar-refractivity contribution >= 4 is 23.8 Å². The standard InChI is InChI=1S/C26H30N2O8/c1-17(19-9-5-7-11-21(19)33-3)27-23(29)15-35-25(31)13-14-26(32)36-16-24(30)28-18(2)20-10-6-8-12-22(20)34-4/h5-14,17-18H,15-16H2,1-4H3,(H,27,29)(H,28,30)/b14-13+. The molecular formula is C26H30N2O8. The van der Waals surface area contributed by atoms with Crippen LogP contribution in [0.5, 0.6) is 11.5 Å². The molecule has 2 rings (SSSR count). The summed E-state index contributed by atoms with van der Waals surface area (Å²) in [5.74, 6) is -1.65. The van der Waals surface area contributed by atoms with E-state index in [0.717, 1.165) is 23.3 Å². The number of amides is 2. The number of hydrogen-bond acceptors (Lipinski definition) is 8. The van der Waals surface area contributed by atoms with Gasteiger partial charge in [-0.05, 0) is 26.0 Å². The summed E-state index contributed by atoms with van der Waals surface area (Å²) in [6.07, 6.45) is 1.63. The molecule has 0 aliphatic carbocycles. The van der Waals surface area contributed by atoms with Crippen molar-refractivity contribution in [3.63, 3.8) is 0 Å². The van der Waals surface area contributed by atoms with E-state index in [1.54, 1.807) is 26.0 Å². The largest absolute Gasteiger partial charge is 0.496 e. The van der Waals surface area contributed by atoms with E-state index in [1.807, 2.05) is 36.4 Å². The molecule has 0 spiro atoms. The highest BCUT2D eigenvalue weighted by Gasteiger charge is 2.16. The fourth-order valence-electron chi connectivity index (χ4n) is 3.28. The maximum absolute atomic E-state index is 12.1. The molecule has 0 aliphatic rings. The molecule has 2 aromatic carbocycles. The minimum atomic E-state index is -0.915. The molecule has 2 aromatic rings. The van der Waals surface area contributed by atoms with Crippen LogP contribution in [0.3, 0.4) is 0 Å². The maximum Gasteiger partial charge on any atom is 0.331 e. The van der Waals surface area contributed by atoms with Crippen molar-refractivity contribution in [1.82, 2.24) is 10.6 Å². The van der Waals surface area contributed by atoms with Crippen molar-refractivity contribution in [2.45, 2.75) is 25.9 Å². The molecule has 10 nitrogen and oxygen atoms in total. The van der Waals surface area contributed by atoms with Crippen LogP contribution in [-0.4, -0.2) is 51.2 Å². The Bertz CT molecular complexity index is 1010. The first-order valence-electron chi connectivity index (χ1n) is 11.1. The van der Waals surface area contributed by atoms with Crippen molar-refractivity contribution in [3.8, 4) is 11.5 Å². The minimum absolute atomic E-state index is 0.380. The number of nitrogens with one attached hydrogen (secondary N) is 2. The zero-order valence-corrected chi connectivity index (χ0v) is 20.6. The fraction of sp³-hybridized carbons (Fsp3) is 0.308. The lowest BCUT2D eigenvalue weighted by molar-refractivity contribution is -0.145. The number of hydrogen-bond donors (Lipinski definition) is 2. The number of carbonyl (C=O) groups is 4. The quantitative estimate of drug-likeness (QED) is 0.337. The first kappa shape index (κ1) is 27.9. The molecule has 192 valence electrons. The molecule has 0 radical (unpaired) electrons. The molecule has 2 amide bonds. The summed E-state index contributed by atoms with van der Waals surface area (Å²) in [6, 6.07) is 13.6. The molecule has 2 N–H and O–H groups in total. The van der Waals surface area contributed by atoms with Gasteiger partial charge in [-0.15, -0.1) is 0 Å². The minimum Gasteiger partial charge on any atom is -0.496 e. The summed E-state index contributed by atoms with van der Waals surface area (Å²) in [6.45, 7) is 2.45. The molecule has 0 aromatic heterocycles. The van der Waals surface area contributed by atoms with E-state index in [4.69, 9.17) is 18.9 Å². The van der Waals surface area contributed by atoms with E-state index in [2.05, 4.69) is 10.6 Å². The Morgan fingerprint density at radius 2 is 1.06 bits per heavy atom. The second-order valence-corrected chi connectivity index (χ2v) is 7.61. The predicted octanol–water partition coefficient (Wildman–Crippen LogP) is 2.40. The average Bonchev–Trinajstić information content (AvgIpc) is 2.89. The molecule has 36 heavy (non-hydrogen) atoms. The van der Waals surface area contributed by atoms with Crippen LogP contribution in [0.1, 0.15) is 37.1 Å². The van der Waals surface area contributed by atoms with Gasteiger partial charge in [-0.3, -0.25) is 9.59 Å². The van der Waals surface area contributed by atoms with Gasteiger partial charge in [-0.2, -0.15) is 0 Å². The highest BCUT2D eigenvalue weighted by molar-refractivity contribution is 5.93. The molecule has 2 atom stereocenters. The van der Waals surface area contributed by atoms with Crippen molar-refractivity contribution in [2.24, 2.45) is 0 Å². The van der Waals surface area contributed by atoms with Gasteiger partial charge in [-0.25, -0.2) is 9.59 Å². The third kappa shape index (κ3) is 8.79. The average molecular weight is 499 g/mol. The van der Waals surface area contributed by atoms with Gasteiger partial charge in [0, 0.05) is 23.3 Å². The third-order valence-electron chi connectivity index (χ3n) is 5.01. The van der Waals surface area contributed by atoms with Gasteiger partial charge >= 0.3 is 11.9 Å². The topological polar surface area (TPSA) is 129 Å². The monoisotopic (exact) mass is 498 g/mol. The Kier molecular flexibility index (Phi) is 11.0. The van der Waals surface area contributed by atoms with Crippen LogP contribution in [0.4, 0.5) is 0 Å². The number of carbonyl (C=O) groups excluding carboxylic acids is 4. The molecule has 2 unspecified atom stereocenters. The van der Waals surface area contributed by atoms with Gasteiger partial charge in [-0.1, -0.05) is 36.4 Å². The Balaban J connectivity index is 1.72. The molecular weight excluding hydrogens is 468 g/mol. The van der Waals surface area contributed by atoms with Crippen molar-refractivity contribution in [2.75, 3.05) is 27.4 Å². The van der Waals surface area contributed by atoms with Crippen molar-refractivity contribution in [1.29, 1.82) is 0 Å². The smallest absolute Gasteiger partial charge is 0.331 e. The molecule has 0 saturated carbocycles. The summed E-state index contributed by atoms with van der Waals surface area (Å²) in [5.41, 5.74) is 1.53. The number of esters is 2. The Labute approximate surface area is 209 Å². The van der Waals surface area contributed by atoms with Gasteiger partial charge in [0.15, 0.2) is 13.2 Å². The summed E-state index contributed by atoms with van der Waals surface area (Å²) >= 11 is 0. The van der Waals surface area contributed by atoms with Gasteiger partial charge in [0.1, 0.15) is 11.5 Å². The van der Waals surface area contributed by atoms with E-state index in [1.165, 1.54) is 14.2 Å². The summed E-state index contributed by atoms with van der Waals surface area (Å²) in [4.78, 5) is 47.8. The van der Waals surface area contributed by atoms with Crippen molar-refractivity contribution < 1.29 is 38.1 Å². The zero-order chi connectivity index (χ0) is 26.5. The predicted molar refractivity (Wildman–Crippen MR) is 130 cm³/mol. The van der Waals surface area contributed by atoms with Gasteiger partial charge in [0.25, 0.3) is 11.8 Å². The van der Waals surface area contributed by atoms with E-state index in [0.29, 0.717) is 11.5 Å². The molecule has 0 aliphatic heterocycles. The van der Waals surface area contributed by atoms with Crippen LogP contribution in [-0.2, 0) is 28.7 Å². The van der Waals surface area contributed by atoms with Crippen LogP contribution < -0.4 is 20.1 Å². The molecule has 0 saturated heterocycles. The van der Waals surface area contributed by atoms with Gasteiger partial charge < -0.3 is 29.6 Å². The second-order valence-electron chi connectivity index (χ2n) is 7.61. The summed E-state index contributed by atoms with van der Waals surface area (Å²) < 4.78 is 20.2.